The third kappa shape index (κ3) is 5.45. The third-order valence-electron chi connectivity index (χ3n) is 4.45. The summed E-state index contributed by atoms with van der Waals surface area (Å²) in [4.78, 5) is 16.5. The van der Waals surface area contributed by atoms with Crippen molar-refractivity contribution in [1.82, 2.24) is 4.98 Å². The van der Waals surface area contributed by atoms with Gasteiger partial charge in [-0.1, -0.05) is 30.3 Å². The maximum Gasteiger partial charge on any atom is 0.349 e. The van der Waals surface area contributed by atoms with Crippen LogP contribution in [0.1, 0.15) is 22.4 Å². The van der Waals surface area contributed by atoms with Crippen LogP contribution in [0, 0.1) is 13.8 Å². The van der Waals surface area contributed by atoms with Crippen LogP contribution >= 0.6 is 0 Å². The van der Waals surface area contributed by atoms with Gasteiger partial charge in [0.05, 0.1) is 12.8 Å². The number of carbonyl (C=O) groups excluding carboxylic acids is 1. The molecule has 1 aromatic heterocycles. The summed E-state index contributed by atoms with van der Waals surface area (Å²) < 4.78 is 16.4. The topological polar surface area (TPSA) is 57.7 Å². The first-order chi connectivity index (χ1) is 14.1. The number of rotatable bonds is 7. The van der Waals surface area contributed by atoms with E-state index in [-0.39, 0.29) is 6.61 Å². The summed E-state index contributed by atoms with van der Waals surface area (Å²) >= 11 is 0. The Hall–Kier alpha value is -3.60. The van der Waals surface area contributed by atoms with Crippen LogP contribution in [-0.4, -0.2) is 24.7 Å². The van der Waals surface area contributed by atoms with Gasteiger partial charge in [0.25, 0.3) is 0 Å². The fourth-order valence-electron chi connectivity index (χ4n) is 2.70. The fourth-order valence-corrected chi connectivity index (χ4v) is 2.70. The SMILES string of the molecule is COc1cc(/C=C/c2ccccn2)ccc1OC(=O)COc1cccc(C)c1C. The Morgan fingerprint density at radius 2 is 1.83 bits per heavy atom. The molecule has 0 saturated heterocycles. The van der Waals surface area contributed by atoms with Crippen molar-refractivity contribution in [2.24, 2.45) is 0 Å². The molecule has 148 valence electrons. The van der Waals surface area contributed by atoms with E-state index >= 15 is 0 Å². The molecular weight excluding hydrogens is 366 g/mol. The van der Waals surface area contributed by atoms with E-state index in [4.69, 9.17) is 14.2 Å². The molecule has 0 aliphatic heterocycles. The van der Waals surface area contributed by atoms with E-state index in [1.165, 1.54) is 7.11 Å². The second kappa shape index (κ2) is 9.55. The molecule has 0 saturated carbocycles. The van der Waals surface area contributed by atoms with Crippen LogP contribution in [0.25, 0.3) is 12.2 Å². The lowest BCUT2D eigenvalue weighted by Crippen LogP contribution is -2.18. The number of pyridine rings is 1. The predicted octanol–water partition coefficient (Wildman–Crippen LogP) is 4.86. The van der Waals surface area contributed by atoms with Crippen LogP contribution in [0.3, 0.4) is 0 Å². The van der Waals surface area contributed by atoms with E-state index in [0.717, 1.165) is 22.4 Å². The molecule has 3 rings (SSSR count). The average Bonchev–Trinajstić information content (AvgIpc) is 2.74. The van der Waals surface area contributed by atoms with E-state index in [1.807, 2.05) is 68.5 Å². The monoisotopic (exact) mass is 389 g/mol. The molecule has 0 spiro atoms. The summed E-state index contributed by atoms with van der Waals surface area (Å²) in [6, 6.07) is 16.8. The highest BCUT2D eigenvalue weighted by atomic mass is 16.6. The van der Waals surface area contributed by atoms with Crippen molar-refractivity contribution in [3.8, 4) is 17.2 Å². The van der Waals surface area contributed by atoms with Gasteiger partial charge in [0, 0.05) is 6.20 Å². The molecule has 0 fully saturated rings. The number of hydrogen-bond acceptors (Lipinski definition) is 5. The third-order valence-corrected chi connectivity index (χ3v) is 4.45. The fraction of sp³-hybridized carbons (Fsp3) is 0.167. The summed E-state index contributed by atoms with van der Waals surface area (Å²) in [5, 5.41) is 0. The molecule has 0 aliphatic carbocycles. The van der Waals surface area contributed by atoms with E-state index in [0.29, 0.717) is 17.2 Å². The zero-order valence-corrected chi connectivity index (χ0v) is 16.7. The molecule has 3 aromatic rings. The molecule has 5 heteroatoms. The zero-order chi connectivity index (χ0) is 20.6. The van der Waals surface area contributed by atoms with Gasteiger partial charge in [-0.3, -0.25) is 4.98 Å². The first-order valence-electron chi connectivity index (χ1n) is 9.23. The van der Waals surface area contributed by atoms with Crippen molar-refractivity contribution < 1.29 is 19.0 Å². The zero-order valence-electron chi connectivity index (χ0n) is 16.7. The molecule has 29 heavy (non-hydrogen) atoms. The van der Waals surface area contributed by atoms with Crippen LogP contribution in [-0.2, 0) is 4.79 Å². The molecule has 5 nitrogen and oxygen atoms in total. The Morgan fingerprint density at radius 1 is 0.966 bits per heavy atom. The van der Waals surface area contributed by atoms with Crippen LogP contribution in [0.2, 0.25) is 0 Å². The lowest BCUT2D eigenvalue weighted by atomic mass is 10.1. The number of carbonyl (C=O) groups is 1. The van der Waals surface area contributed by atoms with Crippen molar-refractivity contribution in [3.05, 3.63) is 83.2 Å². The van der Waals surface area contributed by atoms with Gasteiger partial charge in [-0.2, -0.15) is 0 Å². The van der Waals surface area contributed by atoms with Gasteiger partial charge in [0.15, 0.2) is 18.1 Å². The predicted molar refractivity (Wildman–Crippen MR) is 113 cm³/mol. The number of benzene rings is 2. The Morgan fingerprint density at radius 3 is 2.59 bits per heavy atom. The Balaban J connectivity index is 1.65. The highest BCUT2D eigenvalue weighted by molar-refractivity contribution is 5.76. The normalized spacial score (nSPS) is 10.7. The number of aryl methyl sites for hydroxylation is 1. The van der Waals surface area contributed by atoms with Crippen molar-refractivity contribution in [2.75, 3.05) is 13.7 Å². The first kappa shape index (κ1) is 20.1. The molecule has 0 N–H and O–H groups in total. The molecule has 0 amide bonds. The van der Waals surface area contributed by atoms with Gasteiger partial charge in [0.2, 0.25) is 0 Å². The van der Waals surface area contributed by atoms with Crippen molar-refractivity contribution in [1.29, 1.82) is 0 Å². The highest BCUT2D eigenvalue weighted by Gasteiger charge is 2.12. The Labute approximate surface area is 170 Å². The lowest BCUT2D eigenvalue weighted by Gasteiger charge is -2.12. The first-order valence-corrected chi connectivity index (χ1v) is 9.23. The Kier molecular flexibility index (Phi) is 6.63. The largest absolute Gasteiger partial charge is 0.493 e. The molecule has 0 unspecified atom stereocenters. The average molecular weight is 389 g/mol. The number of nitrogens with zero attached hydrogens (tertiary/aromatic N) is 1. The second-order valence-corrected chi connectivity index (χ2v) is 6.46. The highest BCUT2D eigenvalue weighted by Crippen LogP contribution is 2.29. The summed E-state index contributed by atoms with van der Waals surface area (Å²) in [5.41, 5.74) is 3.86. The summed E-state index contributed by atoms with van der Waals surface area (Å²) in [6.45, 7) is 3.76. The van der Waals surface area contributed by atoms with E-state index in [9.17, 15) is 4.79 Å². The van der Waals surface area contributed by atoms with Gasteiger partial charge in [0.1, 0.15) is 5.75 Å². The molecular formula is C24H23NO4. The molecule has 0 atom stereocenters. The standard InChI is InChI=1S/C24H23NO4/c1-17-7-6-9-21(18(17)2)28-16-24(26)29-22-13-11-19(15-23(22)27-3)10-12-20-8-4-5-14-25-20/h4-15H,16H2,1-3H3/b12-10+. The minimum absolute atomic E-state index is 0.186. The minimum atomic E-state index is -0.499. The smallest absolute Gasteiger partial charge is 0.349 e. The van der Waals surface area contributed by atoms with Gasteiger partial charge >= 0.3 is 5.97 Å². The molecule has 0 bridgehead atoms. The quantitative estimate of drug-likeness (QED) is 0.427. The number of aromatic nitrogens is 1. The number of hydrogen-bond donors (Lipinski definition) is 0. The van der Waals surface area contributed by atoms with Crippen molar-refractivity contribution in [2.45, 2.75) is 13.8 Å². The van der Waals surface area contributed by atoms with Crippen LogP contribution in [0.4, 0.5) is 0 Å². The second-order valence-electron chi connectivity index (χ2n) is 6.46. The molecule has 2 aromatic carbocycles. The van der Waals surface area contributed by atoms with Crippen LogP contribution < -0.4 is 14.2 Å². The van der Waals surface area contributed by atoms with E-state index in [1.54, 1.807) is 18.3 Å². The van der Waals surface area contributed by atoms with Crippen LogP contribution in [0.15, 0.2) is 60.8 Å². The molecule has 0 radical (unpaired) electrons. The van der Waals surface area contributed by atoms with Gasteiger partial charge in [-0.15, -0.1) is 0 Å². The maximum absolute atomic E-state index is 12.2. The van der Waals surface area contributed by atoms with E-state index < -0.39 is 5.97 Å². The summed E-state index contributed by atoms with van der Waals surface area (Å²) in [5.74, 6) is 0.982. The summed E-state index contributed by atoms with van der Waals surface area (Å²) in [6.07, 6.45) is 5.56. The van der Waals surface area contributed by atoms with Gasteiger partial charge in [-0.05, 0) is 66.9 Å². The number of ether oxygens (including phenoxy) is 3. The number of methoxy groups -OCH3 is 1. The van der Waals surface area contributed by atoms with Gasteiger partial charge in [-0.25, -0.2) is 4.79 Å². The van der Waals surface area contributed by atoms with Crippen molar-refractivity contribution in [3.63, 3.8) is 0 Å². The van der Waals surface area contributed by atoms with Gasteiger partial charge < -0.3 is 14.2 Å². The number of esters is 1. The van der Waals surface area contributed by atoms with Crippen molar-refractivity contribution >= 4 is 18.1 Å². The lowest BCUT2D eigenvalue weighted by molar-refractivity contribution is -0.136. The van der Waals surface area contributed by atoms with E-state index in [2.05, 4.69) is 4.98 Å². The minimum Gasteiger partial charge on any atom is -0.493 e. The summed E-state index contributed by atoms with van der Waals surface area (Å²) in [7, 11) is 1.53. The van der Waals surface area contributed by atoms with Crippen LogP contribution in [0.5, 0.6) is 17.2 Å². The molecule has 0 aliphatic rings. The molecule has 1 heterocycles. The maximum atomic E-state index is 12.2. The Bertz CT molecular complexity index is 1010.